The zero-order chi connectivity index (χ0) is 19.5. The van der Waals surface area contributed by atoms with E-state index in [2.05, 4.69) is 59.3 Å². The van der Waals surface area contributed by atoms with Crippen LogP contribution in [0.5, 0.6) is 0 Å². The Kier molecular flexibility index (Phi) is 5.24. The zero-order valence-corrected chi connectivity index (χ0v) is 16.5. The predicted molar refractivity (Wildman–Crippen MR) is 113 cm³/mol. The molecule has 5 nitrogen and oxygen atoms in total. The van der Waals surface area contributed by atoms with Gasteiger partial charge in [-0.2, -0.15) is 0 Å². The van der Waals surface area contributed by atoms with Crippen molar-refractivity contribution in [2.24, 2.45) is 5.92 Å². The number of hydrogen-bond acceptors (Lipinski definition) is 4. The summed E-state index contributed by atoms with van der Waals surface area (Å²) in [5.41, 5.74) is 1.98. The maximum atomic E-state index is 12.2. The van der Waals surface area contributed by atoms with Crippen LogP contribution in [0.1, 0.15) is 20.3 Å². The van der Waals surface area contributed by atoms with E-state index in [1.54, 1.807) is 0 Å². The van der Waals surface area contributed by atoms with Crippen LogP contribution in [0.25, 0.3) is 22.0 Å². The van der Waals surface area contributed by atoms with Gasteiger partial charge in [-0.1, -0.05) is 56.3 Å². The summed E-state index contributed by atoms with van der Waals surface area (Å²) in [6.45, 7) is 7.26. The molecule has 144 valence electrons. The summed E-state index contributed by atoms with van der Waals surface area (Å²) in [5.74, 6) is 1.53. The first-order valence-corrected chi connectivity index (χ1v) is 9.96. The number of fused-ring (bicyclic) bond motifs is 1. The van der Waals surface area contributed by atoms with Crippen LogP contribution < -0.4 is 4.90 Å². The summed E-state index contributed by atoms with van der Waals surface area (Å²) < 4.78 is 0. The Balaban J connectivity index is 1.46. The molecular formula is C23H26N4O. The number of nitrogens with zero attached hydrogens (tertiary/aromatic N) is 4. The predicted octanol–water partition coefficient (Wildman–Crippen LogP) is 3.99. The van der Waals surface area contributed by atoms with E-state index in [0.717, 1.165) is 43.3 Å². The van der Waals surface area contributed by atoms with Crippen molar-refractivity contribution in [2.75, 3.05) is 31.1 Å². The van der Waals surface area contributed by atoms with E-state index in [4.69, 9.17) is 0 Å². The van der Waals surface area contributed by atoms with Gasteiger partial charge < -0.3 is 9.80 Å². The van der Waals surface area contributed by atoms with Crippen LogP contribution in [0, 0.1) is 5.92 Å². The van der Waals surface area contributed by atoms with E-state index < -0.39 is 0 Å². The maximum absolute atomic E-state index is 12.2. The molecule has 1 fully saturated rings. The van der Waals surface area contributed by atoms with E-state index in [1.165, 1.54) is 10.8 Å². The third kappa shape index (κ3) is 3.84. The SMILES string of the molecule is CC(C)CC(=O)N1CCN(c2ccc(-c3cccc4ccccc34)nn2)CC1. The minimum absolute atomic E-state index is 0.257. The fourth-order valence-corrected chi connectivity index (χ4v) is 3.75. The molecule has 0 radical (unpaired) electrons. The second-order valence-electron chi connectivity index (χ2n) is 7.77. The van der Waals surface area contributed by atoms with Crippen molar-refractivity contribution >= 4 is 22.5 Å². The standard InChI is InChI=1S/C23H26N4O/c1-17(2)16-23(28)27-14-12-26(13-15-27)22-11-10-21(24-25-22)20-9-5-7-18-6-3-4-8-19(18)20/h3-11,17H,12-16H2,1-2H3. The highest BCUT2D eigenvalue weighted by atomic mass is 16.2. The van der Waals surface area contributed by atoms with E-state index in [0.29, 0.717) is 12.3 Å². The molecule has 3 aromatic rings. The van der Waals surface area contributed by atoms with Crippen LogP contribution in [-0.4, -0.2) is 47.2 Å². The molecule has 1 saturated heterocycles. The number of carbonyl (C=O) groups excluding carboxylic acids is 1. The Morgan fingerprint density at radius 1 is 0.929 bits per heavy atom. The highest BCUT2D eigenvalue weighted by molar-refractivity contribution is 5.95. The van der Waals surface area contributed by atoms with Gasteiger partial charge in [0.1, 0.15) is 0 Å². The van der Waals surface area contributed by atoms with Crippen LogP contribution in [-0.2, 0) is 4.79 Å². The summed E-state index contributed by atoms with van der Waals surface area (Å²) in [6.07, 6.45) is 0.625. The fraction of sp³-hybridized carbons (Fsp3) is 0.348. The zero-order valence-electron chi connectivity index (χ0n) is 16.5. The molecule has 0 saturated carbocycles. The average molecular weight is 374 g/mol. The lowest BCUT2D eigenvalue weighted by Gasteiger charge is -2.35. The molecule has 0 unspecified atom stereocenters. The molecule has 0 atom stereocenters. The summed E-state index contributed by atoms with van der Waals surface area (Å²) in [5, 5.41) is 11.4. The van der Waals surface area contributed by atoms with Crippen molar-refractivity contribution in [1.29, 1.82) is 0 Å². The molecule has 1 aromatic heterocycles. The number of hydrogen-bond donors (Lipinski definition) is 0. The van der Waals surface area contributed by atoms with E-state index >= 15 is 0 Å². The third-order valence-corrected chi connectivity index (χ3v) is 5.26. The average Bonchev–Trinajstić information content (AvgIpc) is 2.73. The lowest BCUT2D eigenvalue weighted by Crippen LogP contribution is -2.49. The topological polar surface area (TPSA) is 49.3 Å². The molecule has 1 aliphatic rings. The van der Waals surface area contributed by atoms with Gasteiger partial charge in [0.25, 0.3) is 0 Å². The van der Waals surface area contributed by atoms with Gasteiger partial charge in [-0.3, -0.25) is 4.79 Å². The molecule has 2 aromatic carbocycles. The minimum Gasteiger partial charge on any atom is -0.352 e. The van der Waals surface area contributed by atoms with E-state index in [-0.39, 0.29) is 5.91 Å². The molecule has 0 N–H and O–H groups in total. The molecule has 5 heteroatoms. The van der Waals surface area contributed by atoms with Crippen molar-refractivity contribution in [3.8, 4) is 11.3 Å². The van der Waals surface area contributed by atoms with Gasteiger partial charge >= 0.3 is 0 Å². The Bertz CT molecular complexity index is 955. The van der Waals surface area contributed by atoms with Crippen molar-refractivity contribution in [2.45, 2.75) is 20.3 Å². The highest BCUT2D eigenvalue weighted by Gasteiger charge is 2.22. The van der Waals surface area contributed by atoms with Gasteiger partial charge in [-0.15, -0.1) is 10.2 Å². The Morgan fingerprint density at radius 2 is 1.68 bits per heavy atom. The first-order chi connectivity index (χ1) is 13.6. The van der Waals surface area contributed by atoms with Crippen LogP contribution in [0.2, 0.25) is 0 Å². The van der Waals surface area contributed by atoms with Crippen molar-refractivity contribution in [3.05, 3.63) is 54.6 Å². The van der Waals surface area contributed by atoms with Crippen molar-refractivity contribution in [1.82, 2.24) is 15.1 Å². The van der Waals surface area contributed by atoms with Crippen molar-refractivity contribution in [3.63, 3.8) is 0 Å². The molecule has 0 aliphatic carbocycles. The van der Waals surface area contributed by atoms with Gasteiger partial charge in [0.2, 0.25) is 5.91 Å². The molecule has 0 spiro atoms. The molecule has 0 bridgehead atoms. The summed E-state index contributed by atoms with van der Waals surface area (Å²) in [6, 6.07) is 18.7. The monoisotopic (exact) mass is 374 g/mol. The Hall–Kier alpha value is -2.95. The van der Waals surface area contributed by atoms with Gasteiger partial charge in [0, 0.05) is 38.2 Å². The molecule has 2 heterocycles. The third-order valence-electron chi connectivity index (χ3n) is 5.26. The van der Waals surface area contributed by atoms with Gasteiger partial charge in [-0.05, 0) is 28.8 Å². The largest absolute Gasteiger partial charge is 0.352 e. The lowest BCUT2D eigenvalue weighted by molar-refractivity contribution is -0.132. The normalized spacial score (nSPS) is 14.7. The summed E-state index contributed by atoms with van der Waals surface area (Å²) in [4.78, 5) is 16.4. The fourth-order valence-electron chi connectivity index (χ4n) is 3.75. The molecule has 28 heavy (non-hydrogen) atoms. The van der Waals surface area contributed by atoms with Crippen LogP contribution in [0.4, 0.5) is 5.82 Å². The van der Waals surface area contributed by atoms with E-state index in [9.17, 15) is 4.79 Å². The first-order valence-electron chi connectivity index (χ1n) is 9.96. The number of rotatable bonds is 4. The smallest absolute Gasteiger partial charge is 0.222 e. The van der Waals surface area contributed by atoms with Crippen LogP contribution >= 0.6 is 0 Å². The lowest BCUT2D eigenvalue weighted by atomic mass is 10.0. The van der Waals surface area contributed by atoms with Gasteiger partial charge in [0.05, 0.1) is 5.69 Å². The first kappa shape index (κ1) is 18.4. The number of benzene rings is 2. The maximum Gasteiger partial charge on any atom is 0.222 e. The van der Waals surface area contributed by atoms with E-state index in [1.807, 2.05) is 29.2 Å². The second-order valence-corrected chi connectivity index (χ2v) is 7.77. The molecular weight excluding hydrogens is 348 g/mol. The summed E-state index contributed by atoms with van der Waals surface area (Å²) in [7, 11) is 0. The number of anilines is 1. The van der Waals surface area contributed by atoms with Crippen molar-refractivity contribution < 1.29 is 4.79 Å². The molecule has 1 aliphatic heterocycles. The van der Waals surface area contributed by atoms with Gasteiger partial charge in [0.15, 0.2) is 5.82 Å². The quantitative estimate of drug-likeness (QED) is 0.693. The molecule has 4 rings (SSSR count). The Morgan fingerprint density at radius 3 is 2.39 bits per heavy atom. The Labute approximate surface area is 166 Å². The molecule has 1 amide bonds. The number of aromatic nitrogens is 2. The summed E-state index contributed by atoms with van der Waals surface area (Å²) >= 11 is 0. The van der Waals surface area contributed by atoms with Gasteiger partial charge in [-0.25, -0.2) is 0 Å². The highest BCUT2D eigenvalue weighted by Crippen LogP contribution is 2.27. The minimum atomic E-state index is 0.257. The second kappa shape index (κ2) is 7.97. The number of amides is 1. The number of carbonyl (C=O) groups is 1. The van der Waals surface area contributed by atoms with Crippen LogP contribution in [0.3, 0.4) is 0 Å². The number of piperazine rings is 1. The van der Waals surface area contributed by atoms with Crippen LogP contribution in [0.15, 0.2) is 54.6 Å².